The van der Waals surface area contributed by atoms with Gasteiger partial charge in [-0.2, -0.15) is 0 Å². The van der Waals surface area contributed by atoms with E-state index in [1.165, 1.54) is 11.8 Å². The summed E-state index contributed by atoms with van der Waals surface area (Å²) in [7, 11) is 2.14. The van der Waals surface area contributed by atoms with Gasteiger partial charge in [-0.1, -0.05) is 31.2 Å². The third kappa shape index (κ3) is 2.58. The topological polar surface area (TPSA) is 16.1 Å². The summed E-state index contributed by atoms with van der Waals surface area (Å²) in [5.41, 5.74) is 2.24. The van der Waals surface area contributed by atoms with Crippen LogP contribution in [0, 0.1) is 0 Å². The summed E-state index contributed by atoms with van der Waals surface area (Å²) in [5.74, 6) is 0. The van der Waals surface area contributed by atoms with E-state index in [-0.39, 0.29) is 0 Å². The van der Waals surface area contributed by atoms with Crippen LogP contribution in [0.15, 0.2) is 36.4 Å². The minimum Gasteiger partial charge on any atom is -0.301 e. The third-order valence-corrected chi connectivity index (χ3v) is 2.69. The van der Waals surface area contributed by atoms with Crippen LogP contribution >= 0.6 is 0 Å². The van der Waals surface area contributed by atoms with E-state index >= 15 is 0 Å². The molecular weight excluding hydrogens is 196 g/mol. The van der Waals surface area contributed by atoms with Gasteiger partial charge in [0.05, 0.1) is 11.2 Å². The van der Waals surface area contributed by atoms with Crippen molar-refractivity contribution >= 4 is 10.9 Å². The summed E-state index contributed by atoms with van der Waals surface area (Å²) in [6, 6.07) is 12.5. The molecule has 2 aromatic rings. The molecule has 0 bridgehead atoms. The average Bonchev–Trinajstić information content (AvgIpc) is 2.29. The van der Waals surface area contributed by atoms with Gasteiger partial charge in [-0.3, -0.25) is 4.98 Å². The molecule has 0 saturated heterocycles. The molecule has 0 aliphatic carbocycles. The van der Waals surface area contributed by atoms with Crippen molar-refractivity contribution in [2.24, 2.45) is 0 Å². The average molecular weight is 214 g/mol. The normalized spacial score (nSPS) is 11.2. The van der Waals surface area contributed by atoms with Gasteiger partial charge in [0.1, 0.15) is 0 Å². The van der Waals surface area contributed by atoms with E-state index in [1.807, 2.05) is 12.1 Å². The monoisotopic (exact) mass is 214 g/mol. The standard InChI is InChI=1S/C14H18N2/c1-3-10-16(2)11-13-9-8-12-6-4-5-7-14(12)15-13/h4-9H,3,10-11H2,1-2H3. The van der Waals surface area contributed by atoms with Gasteiger partial charge >= 0.3 is 0 Å². The quantitative estimate of drug-likeness (QED) is 0.777. The van der Waals surface area contributed by atoms with E-state index in [1.54, 1.807) is 0 Å². The molecular formula is C14H18N2. The van der Waals surface area contributed by atoms with Crippen molar-refractivity contribution in [3.8, 4) is 0 Å². The maximum absolute atomic E-state index is 4.66. The summed E-state index contributed by atoms with van der Waals surface area (Å²) in [6.45, 7) is 4.25. The highest BCUT2D eigenvalue weighted by Gasteiger charge is 2.01. The SMILES string of the molecule is CCCN(C)Cc1ccc2ccccc2n1. The number of benzene rings is 1. The summed E-state index contributed by atoms with van der Waals surface area (Å²) >= 11 is 0. The first-order valence-corrected chi connectivity index (χ1v) is 5.83. The van der Waals surface area contributed by atoms with Gasteiger partial charge in [0.25, 0.3) is 0 Å². The fourth-order valence-electron chi connectivity index (χ4n) is 1.93. The first-order valence-electron chi connectivity index (χ1n) is 5.83. The van der Waals surface area contributed by atoms with E-state index in [4.69, 9.17) is 0 Å². The fraction of sp³-hybridized carbons (Fsp3) is 0.357. The first-order chi connectivity index (χ1) is 7.79. The number of nitrogens with zero attached hydrogens (tertiary/aromatic N) is 2. The van der Waals surface area contributed by atoms with Crippen LogP contribution < -0.4 is 0 Å². The van der Waals surface area contributed by atoms with Crippen molar-refractivity contribution in [3.63, 3.8) is 0 Å². The lowest BCUT2D eigenvalue weighted by Gasteiger charge is -2.14. The molecule has 0 atom stereocenters. The summed E-state index contributed by atoms with van der Waals surface area (Å²) in [5, 5.41) is 1.21. The Balaban J connectivity index is 2.19. The molecule has 0 N–H and O–H groups in total. The van der Waals surface area contributed by atoms with E-state index in [2.05, 4.69) is 48.1 Å². The second kappa shape index (κ2) is 5.08. The number of rotatable bonds is 4. The number of para-hydroxylation sites is 1. The Morgan fingerprint density at radius 1 is 1.12 bits per heavy atom. The maximum Gasteiger partial charge on any atom is 0.0705 e. The number of aromatic nitrogens is 1. The number of pyridine rings is 1. The zero-order chi connectivity index (χ0) is 11.4. The predicted molar refractivity (Wildman–Crippen MR) is 68.4 cm³/mol. The molecule has 2 rings (SSSR count). The molecule has 0 aliphatic heterocycles. The van der Waals surface area contributed by atoms with E-state index in [0.29, 0.717) is 0 Å². The molecule has 0 amide bonds. The van der Waals surface area contributed by atoms with Crippen LogP contribution in [0.4, 0.5) is 0 Å². The second-order valence-corrected chi connectivity index (χ2v) is 4.23. The lowest BCUT2D eigenvalue weighted by Crippen LogP contribution is -2.19. The van der Waals surface area contributed by atoms with Gasteiger partial charge in [-0.25, -0.2) is 0 Å². The molecule has 1 aromatic carbocycles. The molecule has 0 aliphatic rings. The first kappa shape index (κ1) is 11.1. The minimum atomic E-state index is 0.929. The molecule has 1 heterocycles. The van der Waals surface area contributed by atoms with Crippen LogP contribution in [-0.4, -0.2) is 23.5 Å². The van der Waals surface area contributed by atoms with Gasteiger partial charge < -0.3 is 4.90 Å². The number of hydrogen-bond acceptors (Lipinski definition) is 2. The zero-order valence-corrected chi connectivity index (χ0v) is 9.98. The van der Waals surface area contributed by atoms with Gasteiger partial charge in [0.15, 0.2) is 0 Å². The Kier molecular flexibility index (Phi) is 3.52. The van der Waals surface area contributed by atoms with Crippen molar-refractivity contribution in [1.29, 1.82) is 0 Å². The second-order valence-electron chi connectivity index (χ2n) is 4.23. The molecule has 84 valence electrons. The van der Waals surface area contributed by atoms with Crippen molar-refractivity contribution in [2.45, 2.75) is 19.9 Å². The molecule has 16 heavy (non-hydrogen) atoms. The van der Waals surface area contributed by atoms with Crippen molar-refractivity contribution in [3.05, 3.63) is 42.1 Å². The van der Waals surface area contributed by atoms with Crippen LogP contribution in [-0.2, 0) is 6.54 Å². The number of fused-ring (bicyclic) bond motifs is 1. The maximum atomic E-state index is 4.66. The predicted octanol–water partition coefficient (Wildman–Crippen LogP) is 3.08. The van der Waals surface area contributed by atoms with Crippen molar-refractivity contribution in [2.75, 3.05) is 13.6 Å². The highest BCUT2D eigenvalue weighted by Crippen LogP contribution is 2.12. The van der Waals surface area contributed by atoms with Crippen molar-refractivity contribution < 1.29 is 0 Å². The van der Waals surface area contributed by atoms with Crippen molar-refractivity contribution in [1.82, 2.24) is 9.88 Å². The van der Waals surface area contributed by atoms with Crippen LogP contribution in [0.5, 0.6) is 0 Å². The lowest BCUT2D eigenvalue weighted by molar-refractivity contribution is 0.324. The molecule has 0 spiro atoms. The zero-order valence-electron chi connectivity index (χ0n) is 9.98. The number of hydrogen-bond donors (Lipinski definition) is 0. The van der Waals surface area contributed by atoms with E-state index in [9.17, 15) is 0 Å². The minimum absolute atomic E-state index is 0.929. The lowest BCUT2D eigenvalue weighted by atomic mass is 10.2. The summed E-state index contributed by atoms with van der Waals surface area (Å²) in [6.07, 6.45) is 1.18. The van der Waals surface area contributed by atoms with Crippen LogP contribution in [0.2, 0.25) is 0 Å². The molecule has 2 nitrogen and oxygen atoms in total. The highest BCUT2D eigenvalue weighted by atomic mass is 15.1. The molecule has 1 aromatic heterocycles. The molecule has 2 heteroatoms. The largest absolute Gasteiger partial charge is 0.301 e. The molecule has 0 unspecified atom stereocenters. The fourth-order valence-corrected chi connectivity index (χ4v) is 1.93. The van der Waals surface area contributed by atoms with Gasteiger partial charge in [0, 0.05) is 11.9 Å². The summed E-state index contributed by atoms with van der Waals surface area (Å²) < 4.78 is 0. The smallest absolute Gasteiger partial charge is 0.0705 e. The van der Waals surface area contributed by atoms with Gasteiger partial charge in [0.2, 0.25) is 0 Å². The Bertz CT molecular complexity index is 465. The molecule has 0 fully saturated rings. The Labute approximate surface area is 96.9 Å². The Morgan fingerprint density at radius 3 is 2.75 bits per heavy atom. The Hall–Kier alpha value is -1.41. The highest BCUT2D eigenvalue weighted by molar-refractivity contribution is 5.78. The van der Waals surface area contributed by atoms with E-state index < -0.39 is 0 Å². The van der Waals surface area contributed by atoms with Crippen LogP contribution in [0.1, 0.15) is 19.0 Å². The van der Waals surface area contributed by atoms with Gasteiger partial charge in [-0.05, 0) is 32.1 Å². The van der Waals surface area contributed by atoms with Crippen LogP contribution in [0.25, 0.3) is 10.9 Å². The Morgan fingerprint density at radius 2 is 1.94 bits per heavy atom. The molecule has 0 radical (unpaired) electrons. The molecule has 0 saturated carbocycles. The van der Waals surface area contributed by atoms with E-state index in [0.717, 1.165) is 24.3 Å². The van der Waals surface area contributed by atoms with Crippen LogP contribution in [0.3, 0.4) is 0 Å². The third-order valence-electron chi connectivity index (χ3n) is 2.69. The summed E-state index contributed by atoms with van der Waals surface area (Å²) in [4.78, 5) is 6.96. The van der Waals surface area contributed by atoms with Gasteiger partial charge in [-0.15, -0.1) is 0 Å².